The van der Waals surface area contributed by atoms with Gasteiger partial charge in [0.2, 0.25) is 11.8 Å². The highest BCUT2D eigenvalue weighted by Crippen LogP contribution is 2.26. The highest BCUT2D eigenvalue weighted by Gasteiger charge is 2.32. The van der Waals surface area contributed by atoms with Crippen molar-refractivity contribution in [1.82, 2.24) is 5.32 Å². The van der Waals surface area contributed by atoms with Crippen molar-refractivity contribution in [3.8, 4) is 0 Å². The Morgan fingerprint density at radius 1 is 1.39 bits per heavy atom. The first-order chi connectivity index (χ1) is 10.8. The highest BCUT2D eigenvalue weighted by atomic mass is 35.5. The summed E-state index contributed by atoms with van der Waals surface area (Å²) in [6.07, 6.45) is 0.0669. The zero-order valence-electron chi connectivity index (χ0n) is 12.7. The van der Waals surface area contributed by atoms with E-state index in [0.29, 0.717) is 33.4 Å². The number of anilines is 1. The van der Waals surface area contributed by atoms with Gasteiger partial charge in [0.1, 0.15) is 5.25 Å². The Hall–Kier alpha value is -1.24. The minimum absolute atomic E-state index is 0.0669. The third-order valence-electron chi connectivity index (χ3n) is 2.95. The number of nitrogens with one attached hydrogen (secondary N) is 2. The molecule has 0 aliphatic carbocycles. The number of hydrogen-bond acceptors (Lipinski definition) is 4. The summed E-state index contributed by atoms with van der Waals surface area (Å²) in [4.78, 5) is 28.3. The van der Waals surface area contributed by atoms with Gasteiger partial charge in [0.05, 0.1) is 10.0 Å². The molecule has 1 fully saturated rings. The first-order valence-electron chi connectivity index (χ1n) is 7.12. The molecule has 1 aromatic rings. The van der Waals surface area contributed by atoms with Crippen LogP contribution in [-0.4, -0.2) is 28.8 Å². The van der Waals surface area contributed by atoms with E-state index in [4.69, 9.17) is 23.2 Å². The summed E-state index contributed by atoms with van der Waals surface area (Å²) in [6.45, 7) is 4.74. The summed E-state index contributed by atoms with van der Waals surface area (Å²) in [5.41, 5.74) is 0.543. The third kappa shape index (κ3) is 5.41. The van der Waals surface area contributed by atoms with Crippen molar-refractivity contribution in [2.75, 3.05) is 11.9 Å². The minimum atomic E-state index is -0.469. The molecule has 0 aromatic heterocycles. The molecule has 23 heavy (non-hydrogen) atoms. The molecule has 0 spiro atoms. The van der Waals surface area contributed by atoms with Gasteiger partial charge in [-0.05, 0) is 24.1 Å². The van der Waals surface area contributed by atoms with Crippen LogP contribution in [0.3, 0.4) is 0 Å². The quantitative estimate of drug-likeness (QED) is 0.828. The average Bonchev–Trinajstić information content (AvgIpc) is 2.81. The van der Waals surface area contributed by atoms with Gasteiger partial charge in [-0.2, -0.15) is 0 Å². The number of carbonyl (C=O) groups is 2. The highest BCUT2D eigenvalue weighted by molar-refractivity contribution is 8.15. The predicted molar refractivity (Wildman–Crippen MR) is 96.4 cm³/mol. The van der Waals surface area contributed by atoms with Crippen molar-refractivity contribution < 1.29 is 9.59 Å². The first kappa shape index (κ1) is 18.1. The lowest BCUT2D eigenvalue weighted by atomic mass is 10.2. The van der Waals surface area contributed by atoms with Crippen molar-refractivity contribution in [2.45, 2.75) is 25.5 Å². The topological polar surface area (TPSA) is 70.6 Å². The van der Waals surface area contributed by atoms with Gasteiger partial charge in [-0.3, -0.25) is 14.6 Å². The largest absolute Gasteiger partial charge is 0.326 e. The molecule has 2 N–H and O–H groups in total. The maximum atomic E-state index is 12.1. The number of thioether (sulfide) groups is 1. The first-order valence-corrected chi connectivity index (χ1v) is 8.75. The number of aliphatic imine (C=N–C) groups is 1. The van der Waals surface area contributed by atoms with E-state index in [2.05, 4.69) is 15.6 Å². The summed E-state index contributed by atoms with van der Waals surface area (Å²) >= 11 is 13.0. The standard InChI is InChI=1S/C15H17Cl2N3O2S/c1-8(2)7-18-15-20-14(22)12(23-15)6-13(21)19-9-3-4-10(16)11(17)5-9/h3-5,8,12H,6-7H2,1-2H3,(H,19,21)(H,18,20,22)/t12-/m0/s1. The fourth-order valence-corrected chi connectivity index (χ4v) is 3.11. The second-order valence-corrected chi connectivity index (χ2v) is 7.52. The molecule has 1 saturated heterocycles. The van der Waals surface area contributed by atoms with Crippen LogP contribution < -0.4 is 10.6 Å². The summed E-state index contributed by atoms with van der Waals surface area (Å²) in [5, 5.41) is 6.30. The molecule has 0 unspecified atom stereocenters. The fourth-order valence-electron chi connectivity index (χ4n) is 1.83. The van der Waals surface area contributed by atoms with Gasteiger partial charge >= 0.3 is 0 Å². The van der Waals surface area contributed by atoms with Crippen LogP contribution in [0.2, 0.25) is 10.0 Å². The van der Waals surface area contributed by atoms with Gasteiger partial charge < -0.3 is 10.6 Å². The Morgan fingerprint density at radius 3 is 2.78 bits per heavy atom. The van der Waals surface area contributed by atoms with Crippen LogP contribution in [0, 0.1) is 5.92 Å². The number of nitrogens with zero attached hydrogens (tertiary/aromatic N) is 1. The smallest absolute Gasteiger partial charge is 0.240 e. The van der Waals surface area contributed by atoms with Gasteiger partial charge in [0.15, 0.2) is 5.17 Å². The predicted octanol–water partition coefficient (Wildman–Crippen LogP) is 3.57. The summed E-state index contributed by atoms with van der Waals surface area (Å²) < 4.78 is 0. The van der Waals surface area contributed by atoms with E-state index < -0.39 is 5.25 Å². The van der Waals surface area contributed by atoms with Gasteiger partial charge in [-0.1, -0.05) is 48.8 Å². The van der Waals surface area contributed by atoms with E-state index in [1.54, 1.807) is 18.2 Å². The molecule has 5 nitrogen and oxygen atoms in total. The number of rotatable bonds is 5. The average molecular weight is 374 g/mol. The van der Waals surface area contributed by atoms with Gasteiger partial charge in [0.25, 0.3) is 0 Å². The fraction of sp³-hybridized carbons (Fsp3) is 0.400. The molecular formula is C15H17Cl2N3O2S. The number of benzene rings is 1. The van der Waals surface area contributed by atoms with E-state index in [0.717, 1.165) is 0 Å². The van der Waals surface area contributed by atoms with E-state index in [-0.39, 0.29) is 18.2 Å². The van der Waals surface area contributed by atoms with Crippen molar-refractivity contribution in [1.29, 1.82) is 0 Å². The van der Waals surface area contributed by atoms with E-state index in [1.807, 2.05) is 13.8 Å². The normalized spacial score (nSPS) is 19.3. The lowest BCUT2D eigenvalue weighted by molar-refractivity contribution is -0.122. The van der Waals surface area contributed by atoms with Crippen LogP contribution in [0.15, 0.2) is 23.2 Å². The molecular weight excluding hydrogens is 357 g/mol. The molecule has 124 valence electrons. The van der Waals surface area contributed by atoms with Crippen molar-refractivity contribution in [3.05, 3.63) is 28.2 Å². The van der Waals surface area contributed by atoms with Gasteiger partial charge in [-0.15, -0.1) is 0 Å². The van der Waals surface area contributed by atoms with E-state index in [9.17, 15) is 9.59 Å². The summed E-state index contributed by atoms with van der Waals surface area (Å²) in [5.74, 6) is -0.0417. The molecule has 1 atom stereocenters. The van der Waals surface area contributed by atoms with Crippen LogP contribution in [0.5, 0.6) is 0 Å². The summed E-state index contributed by atoms with van der Waals surface area (Å²) in [7, 11) is 0. The van der Waals surface area contributed by atoms with Crippen molar-refractivity contribution >= 4 is 57.6 Å². The zero-order chi connectivity index (χ0) is 17.0. The summed E-state index contributed by atoms with van der Waals surface area (Å²) in [6, 6.07) is 4.83. The van der Waals surface area contributed by atoms with E-state index in [1.165, 1.54) is 11.8 Å². The van der Waals surface area contributed by atoms with Gasteiger partial charge in [-0.25, -0.2) is 0 Å². The Labute approximate surface area is 149 Å². The number of amidine groups is 1. The Morgan fingerprint density at radius 2 is 2.13 bits per heavy atom. The van der Waals surface area contributed by atoms with Crippen molar-refractivity contribution in [2.24, 2.45) is 10.9 Å². The van der Waals surface area contributed by atoms with Gasteiger partial charge in [0, 0.05) is 18.7 Å². The molecule has 0 bridgehead atoms. The monoisotopic (exact) mass is 373 g/mol. The molecule has 1 aromatic carbocycles. The number of hydrogen-bond donors (Lipinski definition) is 2. The van der Waals surface area contributed by atoms with Crippen LogP contribution in [0.4, 0.5) is 5.69 Å². The SMILES string of the molecule is CC(C)CN=C1NC(=O)[C@H](CC(=O)Nc2ccc(Cl)c(Cl)c2)S1. The van der Waals surface area contributed by atoms with Crippen LogP contribution in [-0.2, 0) is 9.59 Å². The van der Waals surface area contributed by atoms with Crippen molar-refractivity contribution in [3.63, 3.8) is 0 Å². The molecule has 0 radical (unpaired) electrons. The molecule has 1 aliphatic heterocycles. The van der Waals surface area contributed by atoms with E-state index >= 15 is 0 Å². The van der Waals surface area contributed by atoms with Crippen LogP contribution in [0.1, 0.15) is 20.3 Å². The Bertz CT molecular complexity index is 650. The van der Waals surface area contributed by atoms with Crippen LogP contribution in [0.25, 0.3) is 0 Å². The Balaban J connectivity index is 1.91. The number of carbonyl (C=O) groups excluding carboxylic acids is 2. The lowest BCUT2D eigenvalue weighted by Crippen LogP contribution is -2.28. The maximum absolute atomic E-state index is 12.1. The zero-order valence-corrected chi connectivity index (χ0v) is 15.1. The number of amides is 2. The molecule has 2 rings (SSSR count). The molecule has 1 aliphatic rings. The second kappa shape index (κ2) is 8.04. The lowest BCUT2D eigenvalue weighted by Gasteiger charge is -2.08. The Kier molecular flexibility index (Phi) is 6.33. The number of halogens is 2. The molecule has 8 heteroatoms. The maximum Gasteiger partial charge on any atom is 0.240 e. The molecule has 2 amide bonds. The second-order valence-electron chi connectivity index (χ2n) is 5.52. The van der Waals surface area contributed by atoms with Crippen LogP contribution >= 0.6 is 35.0 Å². The molecule has 1 heterocycles. The minimum Gasteiger partial charge on any atom is -0.326 e. The third-order valence-corrected chi connectivity index (χ3v) is 4.81. The molecule has 0 saturated carbocycles.